The van der Waals surface area contributed by atoms with Crippen molar-refractivity contribution in [1.82, 2.24) is 0 Å². The summed E-state index contributed by atoms with van der Waals surface area (Å²) < 4.78 is 0. The molecule has 0 heterocycles. The van der Waals surface area contributed by atoms with E-state index in [4.69, 9.17) is 11.1 Å². The van der Waals surface area contributed by atoms with E-state index in [1.54, 1.807) is 0 Å². The molecule has 0 saturated carbocycles. The predicted octanol–water partition coefficient (Wildman–Crippen LogP) is 1.90. The van der Waals surface area contributed by atoms with Gasteiger partial charge in [0.05, 0.1) is 0 Å². The lowest BCUT2D eigenvalue weighted by Crippen LogP contribution is -2.05. The van der Waals surface area contributed by atoms with Crippen molar-refractivity contribution in [1.29, 1.82) is 0 Å². The summed E-state index contributed by atoms with van der Waals surface area (Å²) in [6.07, 6.45) is 0. The van der Waals surface area contributed by atoms with E-state index >= 15 is 0 Å². The number of hydrogen-bond donors (Lipinski definition) is 0. The van der Waals surface area contributed by atoms with E-state index in [-0.39, 0.29) is 37.2 Å². The molecule has 0 unspecified atom stereocenters. The standard InChI is InChI=1S/C6H7ClSi.3ClH/c7-8-6-4-2-1-3-5-6;;;/h1-5H,8H2;3*1H. The number of halogens is 4. The van der Waals surface area contributed by atoms with Crippen molar-refractivity contribution in [3.05, 3.63) is 30.3 Å². The molecule has 66 valence electrons. The minimum Gasteiger partial charge on any atom is -0.170 e. The summed E-state index contributed by atoms with van der Waals surface area (Å²) in [5.74, 6) is 0. The Balaban J connectivity index is -0.000000213. The highest BCUT2D eigenvalue weighted by Gasteiger charge is 1.83. The molecule has 0 aliphatic rings. The summed E-state index contributed by atoms with van der Waals surface area (Å²) in [5, 5.41) is 1.31. The van der Waals surface area contributed by atoms with Gasteiger partial charge < -0.3 is 0 Å². The lowest BCUT2D eigenvalue weighted by atomic mass is 10.4. The third-order valence-electron chi connectivity index (χ3n) is 0.997. The van der Waals surface area contributed by atoms with Gasteiger partial charge in [-0.3, -0.25) is 0 Å². The van der Waals surface area contributed by atoms with Crippen LogP contribution in [0.15, 0.2) is 30.3 Å². The molecule has 0 aliphatic carbocycles. The van der Waals surface area contributed by atoms with Gasteiger partial charge >= 0.3 is 0 Å². The summed E-state index contributed by atoms with van der Waals surface area (Å²) >= 11 is 5.67. The largest absolute Gasteiger partial charge is 0.170 e. The second-order valence-corrected chi connectivity index (χ2v) is 3.50. The molecule has 0 nitrogen and oxygen atoms in total. The zero-order valence-electron chi connectivity index (χ0n) is 5.70. The molecule has 0 saturated heterocycles. The quantitative estimate of drug-likeness (QED) is 0.529. The minimum atomic E-state index is -0.437. The molecular weight excluding hydrogens is 242 g/mol. The van der Waals surface area contributed by atoms with Gasteiger partial charge in [-0.15, -0.1) is 37.2 Å². The van der Waals surface area contributed by atoms with Crippen LogP contribution < -0.4 is 5.19 Å². The van der Waals surface area contributed by atoms with E-state index in [0.717, 1.165) is 0 Å². The second-order valence-electron chi connectivity index (χ2n) is 1.62. The van der Waals surface area contributed by atoms with E-state index < -0.39 is 8.83 Å². The van der Waals surface area contributed by atoms with Crippen LogP contribution in [0, 0.1) is 0 Å². The van der Waals surface area contributed by atoms with Crippen LogP contribution in [0.2, 0.25) is 0 Å². The highest BCUT2D eigenvalue weighted by Crippen LogP contribution is 1.81. The first-order valence-electron chi connectivity index (χ1n) is 2.53. The fraction of sp³-hybridized carbons (Fsp3) is 0. The van der Waals surface area contributed by atoms with Gasteiger partial charge in [-0.2, -0.15) is 11.1 Å². The van der Waals surface area contributed by atoms with Gasteiger partial charge in [-0.05, 0) is 5.19 Å². The molecule has 1 aromatic rings. The van der Waals surface area contributed by atoms with Crippen LogP contribution in [0.1, 0.15) is 0 Å². The smallest absolute Gasteiger partial charge is 0.155 e. The zero-order valence-corrected chi connectivity index (χ0v) is 10.3. The topological polar surface area (TPSA) is 0 Å². The average molecular weight is 252 g/mol. The average Bonchev–Trinajstić information content (AvgIpc) is 1.90. The van der Waals surface area contributed by atoms with Gasteiger partial charge in [0.25, 0.3) is 0 Å². The molecule has 0 bridgehead atoms. The predicted molar refractivity (Wildman–Crippen MR) is 62.2 cm³/mol. The number of hydrogen-bond acceptors (Lipinski definition) is 0. The Labute approximate surface area is 92.5 Å². The van der Waals surface area contributed by atoms with Crippen molar-refractivity contribution >= 4 is 62.3 Å². The third-order valence-corrected chi connectivity index (χ3v) is 2.70. The molecule has 0 spiro atoms. The highest BCUT2D eigenvalue weighted by molar-refractivity contribution is 7.01. The molecule has 0 atom stereocenters. The van der Waals surface area contributed by atoms with E-state index in [1.807, 2.05) is 18.2 Å². The summed E-state index contributed by atoms with van der Waals surface area (Å²) in [6.45, 7) is 0. The van der Waals surface area contributed by atoms with E-state index in [0.29, 0.717) is 0 Å². The van der Waals surface area contributed by atoms with Crippen LogP contribution >= 0.6 is 48.3 Å². The molecule has 0 radical (unpaired) electrons. The highest BCUT2D eigenvalue weighted by atomic mass is 35.6. The van der Waals surface area contributed by atoms with Crippen LogP contribution in [0.5, 0.6) is 0 Å². The summed E-state index contributed by atoms with van der Waals surface area (Å²) in [5.41, 5.74) is 0. The molecule has 0 N–H and O–H groups in total. The van der Waals surface area contributed by atoms with Crippen molar-refractivity contribution in [3.8, 4) is 0 Å². The Hall–Kier alpha value is 0.597. The molecule has 1 aromatic carbocycles. The molecule has 0 aromatic heterocycles. The van der Waals surface area contributed by atoms with Gasteiger partial charge in [0.2, 0.25) is 0 Å². The Morgan fingerprint density at radius 2 is 1.36 bits per heavy atom. The van der Waals surface area contributed by atoms with Crippen LogP contribution in [-0.2, 0) is 0 Å². The summed E-state index contributed by atoms with van der Waals surface area (Å²) in [6, 6.07) is 10.2. The minimum absolute atomic E-state index is 0. The first-order valence-corrected chi connectivity index (χ1v) is 5.38. The van der Waals surface area contributed by atoms with Crippen molar-refractivity contribution < 1.29 is 0 Å². The Morgan fingerprint density at radius 1 is 0.909 bits per heavy atom. The van der Waals surface area contributed by atoms with Gasteiger partial charge in [-0.25, -0.2) is 0 Å². The number of rotatable bonds is 1. The summed E-state index contributed by atoms with van der Waals surface area (Å²) in [4.78, 5) is 0. The first kappa shape index (κ1) is 17.6. The van der Waals surface area contributed by atoms with Crippen LogP contribution in [-0.4, -0.2) is 8.83 Å². The van der Waals surface area contributed by atoms with Crippen molar-refractivity contribution in [2.75, 3.05) is 0 Å². The normalized spacial score (nSPS) is 7.73. The lowest BCUT2D eigenvalue weighted by Gasteiger charge is -1.87. The molecule has 5 heteroatoms. The lowest BCUT2D eigenvalue weighted by molar-refractivity contribution is 1.77. The summed E-state index contributed by atoms with van der Waals surface area (Å²) in [7, 11) is -0.437. The second kappa shape index (κ2) is 10.6. The molecule has 1 rings (SSSR count). The molecule has 0 fully saturated rings. The van der Waals surface area contributed by atoms with Crippen molar-refractivity contribution in [2.24, 2.45) is 0 Å². The molecule has 11 heavy (non-hydrogen) atoms. The van der Waals surface area contributed by atoms with Gasteiger partial charge in [0, 0.05) is 0 Å². The van der Waals surface area contributed by atoms with Gasteiger partial charge in [0.15, 0.2) is 8.83 Å². The molecular formula is C6H10Cl4Si. The van der Waals surface area contributed by atoms with Crippen molar-refractivity contribution in [3.63, 3.8) is 0 Å². The Bertz CT molecular complexity index is 156. The van der Waals surface area contributed by atoms with E-state index in [1.165, 1.54) is 5.19 Å². The zero-order chi connectivity index (χ0) is 5.82. The maximum Gasteiger partial charge on any atom is 0.155 e. The van der Waals surface area contributed by atoms with E-state index in [9.17, 15) is 0 Å². The molecule has 0 amide bonds. The van der Waals surface area contributed by atoms with Crippen LogP contribution in [0.25, 0.3) is 0 Å². The first-order chi connectivity index (χ1) is 3.93. The van der Waals surface area contributed by atoms with Crippen LogP contribution in [0.3, 0.4) is 0 Å². The number of benzene rings is 1. The monoisotopic (exact) mass is 250 g/mol. The maximum absolute atomic E-state index is 5.67. The van der Waals surface area contributed by atoms with E-state index in [2.05, 4.69) is 12.1 Å². The maximum atomic E-state index is 5.67. The Kier molecular flexibility index (Phi) is 17.0. The van der Waals surface area contributed by atoms with Gasteiger partial charge in [-0.1, -0.05) is 30.3 Å². The third kappa shape index (κ3) is 6.97. The van der Waals surface area contributed by atoms with Gasteiger partial charge in [0.1, 0.15) is 0 Å². The Morgan fingerprint density at radius 3 is 1.64 bits per heavy atom. The fourth-order valence-corrected chi connectivity index (χ4v) is 1.55. The molecule has 0 aliphatic heterocycles. The SMILES string of the molecule is Cl.Cl.Cl.Cl[SiH2]c1ccccc1. The van der Waals surface area contributed by atoms with Crippen molar-refractivity contribution in [2.45, 2.75) is 0 Å². The fourth-order valence-electron chi connectivity index (χ4n) is 0.567. The van der Waals surface area contributed by atoms with Crippen LogP contribution in [0.4, 0.5) is 0 Å².